The van der Waals surface area contributed by atoms with Gasteiger partial charge >= 0.3 is 0 Å². The van der Waals surface area contributed by atoms with Crippen molar-refractivity contribution in [3.63, 3.8) is 0 Å². The van der Waals surface area contributed by atoms with Gasteiger partial charge in [0.25, 0.3) is 0 Å². The predicted octanol–water partition coefficient (Wildman–Crippen LogP) is 3.79. The highest BCUT2D eigenvalue weighted by atomic mass is 16.3. The van der Waals surface area contributed by atoms with Crippen molar-refractivity contribution >= 4 is 0 Å². The number of hydrogen-bond acceptors (Lipinski definition) is 1. The first kappa shape index (κ1) is 14.4. The second-order valence-electron chi connectivity index (χ2n) is 5.49. The molecule has 1 nitrogen and oxygen atoms in total. The number of aliphatic hydroxyl groups is 1. The van der Waals surface area contributed by atoms with Gasteiger partial charge < -0.3 is 5.11 Å². The van der Waals surface area contributed by atoms with Crippen molar-refractivity contribution < 1.29 is 5.11 Å². The summed E-state index contributed by atoms with van der Waals surface area (Å²) in [6.07, 6.45) is 5.68. The highest BCUT2D eigenvalue weighted by Crippen LogP contribution is 2.33. The normalized spacial score (nSPS) is 11.2. The quantitative estimate of drug-likeness (QED) is 0.818. The molecule has 2 rings (SSSR count). The summed E-state index contributed by atoms with van der Waals surface area (Å²) in [5.74, 6) is 2.59. The number of aryl methyl sites for hydroxylation is 4. The molecule has 0 fully saturated rings. The minimum atomic E-state index is -1.38. The molecule has 0 atom stereocenters. The number of hydrogen-bond donors (Lipinski definition) is 1. The summed E-state index contributed by atoms with van der Waals surface area (Å²) in [5.41, 5.74) is 4.50. The Morgan fingerprint density at radius 1 is 0.850 bits per heavy atom. The molecule has 2 aromatic carbocycles. The Balaban J connectivity index is 2.68. The van der Waals surface area contributed by atoms with Crippen LogP contribution in [0, 0.1) is 40.0 Å². The molecule has 0 radical (unpaired) electrons. The van der Waals surface area contributed by atoms with E-state index in [1.165, 1.54) is 0 Å². The van der Waals surface area contributed by atoms with Gasteiger partial charge in [-0.1, -0.05) is 53.4 Å². The van der Waals surface area contributed by atoms with Gasteiger partial charge in [0.2, 0.25) is 0 Å². The first-order valence-electron chi connectivity index (χ1n) is 6.74. The molecule has 2 aromatic rings. The molecule has 20 heavy (non-hydrogen) atoms. The summed E-state index contributed by atoms with van der Waals surface area (Å²) in [5, 5.41) is 11.1. The average molecular weight is 264 g/mol. The molecular weight excluding hydrogens is 244 g/mol. The van der Waals surface area contributed by atoms with Gasteiger partial charge in [-0.15, -0.1) is 6.42 Å². The molecule has 0 aromatic heterocycles. The summed E-state index contributed by atoms with van der Waals surface area (Å²) >= 11 is 0. The Morgan fingerprint density at radius 2 is 1.25 bits per heavy atom. The van der Waals surface area contributed by atoms with Crippen molar-refractivity contribution in [1.29, 1.82) is 0 Å². The van der Waals surface area contributed by atoms with Gasteiger partial charge in [-0.05, 0) is 38.8 Å². The molecule has 0 unspecified atom stereocenters. The van der Waals surface area contributed by atoms with E-state index in [1.54, 1.807) is 0 Å². The Morgan fingerprint density at radius 3 is 1.55 bits per heavy atom. The van der Waals surface area contributed by atoms with E-state index in [0.29, 0.717) is 0 Å². The van der Waals surface area contributed by atoms with Crippen LogP contribution in [0.3, 0.4) is 0 Å². The van der Waals surface area contributed by atoms with E-state index in [1.807, 2.05) is 64.1 Å². The maximum absolute atomic E-state index is 11.1. The molecule has 0 amide bonds. The van der Waals surface area contributed by atoms with Crippen LogP contribution in [0.1, 0.15) is 33.4 Å². The van der Waals surface area contributed by atoms with Crippen LogP contribution in [0.4, 0.5) is 0 Å². The first-order valence-corrected chi connectivity index (χ1v) is 6.74. The Labute approximate surface area is 121 Å². The molecule has 0 aliphatic heterocycles. The zero-order valence-corrected chi connectivity index (χ0v) is 12.5. The van der Waals surface area contributed by atoms with Crippen molar-refractivity contribution in [3.05, 3.63) is 69.8 Å². The van der Waals surface area contributed by atoms with E-state index >= 15 is 0 Å². The smallest absolute Gasteiger partial charge is 0.177 e. The Hall–Kier alpha value is -2.04. The maximum atomic E-state index is 11.1. The molecule has 0 bridgehead atoms. The molecule has 0 aliphatic rings. The minimum absolute atomic E-state index is 0.776. The standard InChI is InChI=1S/C19H20O/c1-6-19(20,17-9-7-13(2)11-15(17)4)18-10-8-14(3)12-16(18)5/h1,7-12,20H,2-5H3. The fourth-order valence-corrected chi connectivity index (χ4v) is 2.74. The van der Waals surface area contributed by atoms with Crippen LogP contribution in [0.25, 0.3) is 0 Å². The van der Waals surface area contributed by atoms with Gasteiger partial charge in [0.1, 0.15) is 0 Å². The van der Waals surface area contributed by atoms with Gasteiger partial charge in [0, 0.05) is 11.1 Å². The molecule has 102 valence electrons. The molecule has 0 saturated heterocycles. The number of benzene rings is 2. The van der Waals surface area contributed by atoms with Crippen LogP contribution in [0.15, 0.2) is 36.4 Å². The van der Waals surface area contributed by atoms with Gasteiger partial charge in [0.05, 0.1) is 0 Å². The van der Waals surface area contributed by atoms with Crippen LogP contribution in [-0.2, 0) is 5.60 Å². The van der Waals surface area contributed by atoms with Crippen molar-refractivity contribution in [2.45, 2.75) is 33.3 Å². The summed E-state index contributed by atoms with van der Waals surface area (Å²) in [4.78, 5) is 0. The third kappa shape index (κ3) is 2.35. The van der Waals surface area contributed by atoms with E-state index in [0.717, 1.165) is 33.4 Å². The topological polar surface area (TPSA) is 20.2 Å². The van der Waals surface area contributed by atoms with Crippen LogP contribution in [-0.4, -0.2) is 5.11 Å². The zero-order valence-electron chi connectivity index (χ0n) is 12.5. The lowest BCUT2D eigenvalue weighted by Gasteiger charge is -2.27. The Bertz CT molecular complexity index is 638. The van der Waals surface area contributed by atoms with Crippen molar-refractivity contribution in [1.82, 2.24) is 0 Å². The highest BCUT2D eigenvalue weighted by Gasteiger charge is 2.32. The van der Waals surface area contributed by atoms with Crippen LogP contribution in [0.5, 0.6) is 0 Å². The summed E-state index contributed by atoms with van der Waals surface area (Å²) in [6, 6.07) is 11.9. The van der Waals surface area contributed by atoms with E-state index in [4.69, 9.17) is 6.42 Å². The summed E-state index contributed by atoms with van der Waals surface area (Å²) in [6.45, 7) is 8.02. The van der Waals surface area contributed by atoms with Crippen LogP contribution in [0.2, 0.25) is 0 Å². The Kier molecular flexibility index (Phi) is 3.70. The first-order chi connectivity index (χ1) is 9.38. The molecule has 0 aliphatic carbocycles. The average Bonchev–Trinajstić information content (AvgIpc) is 2.37. The third-order valence-corrected chi connectivity index (χ3v) is 3.75. The molecule has 0 spiro atoms. The van der Waals surface area contributed by atoms with E-state index in [2.05, 4.69) is 5.92 Å². The maximum Gasteiger partial charge on any atom is 0.177 e. The lowest BCUT2D eigenvalue weighted by atomic mass is 9.81. The van der Waals surface area contributed by atoms with Gasteiger partial charge in [0.15, 0.2) is 5.60 Å². The monoisotopic (exact) mass is 264 g/mol. The molecule has 0 saturated carbocycles. The van der Waals surface area contributed by atoms with Crippen molar-refractivity contribution in [2.75, 3.05) is 0 Å². The lowest BCUT2D eigenvalue weighted by molar-refractivity contribution is 0.144. The van der Waals surface area contributed by atoms with Gasteiger partial charge in [-0.25, -0.2) is 0 Å². The lowest BCUT2D eigenvalue weighted by Crippen LogP contribution is -2.27. The SMILES string of the molecule is C#CC(O)(c1ccc(C)cc1C)c1ccc(C)cc1C. The third-order valence-electron chi connectivity index (χ3n) is 3.75. The molecular formula is C19H20O. The van der Waals surface area contributed by atoms with Crippen LogP contribution < -0.4 is 0 Å². The minimum Gasteiger partial charge on any atom is -0.369 e. The largest absolute Gasteiger partial charge is 0.369 e. The second-order valence-corrected chi connectivity index (χ2v) is 5.49. The van der Waals surface area contributed by atoms with Gasteiger partial charge in [-0.3, -0.25) is 0 Å². The summed E-state index contributed by atoms with van der Waals surface area (Å²) < 4.78 is 0. The molecule has 1 heteroatoms. The number of rotatable bonds is 2. The molecule has 1 N–H and O–H groups in total. The van der Waals surface area contributed by atoms with E-state index < -0.39 is 5.60 Å². The number of terminal acetylenes is 1. The second kappa shape index (κ2) is 5.15. The van der Waals surface area contributed by atoms with Crippen molar-refractivity contribution in [3.8, 4) is 12.3 Å². The van der Waals surface area contributed by atoms with E-state index in [-0.39, 0.29) is 0 Å². The van der Waals surface area contributed by atoms with Crippen LogP contribution >= 0.6 is 0 Å². The van der Waals surface area contributed by atoms with Gasteiger partial charge in [-0.2, -0.15) is 0 Å². The fourth-order valence-electron chi connectivity index (χ4n) is 2.74. The summed E-state index contributed by atoms with van der Waals surface area (Å²) in [7, 11) is 0. The molecule has 0 heterocycles. The zero-order chi connectivity index (χ0) is 14.9. The highest BCUT2D eigenvalue weighted by molar-refractivity contribution is 5.50. The van der Waals surface area contributed by atoms with E-state index in [9.17, 15) is 5.11 Å². The fraction of sp³-hybridized carbons (Fsp3) is 0.263. The van der Waals surface area contributed by atoms with Crippen molar-refractivity contribution in [2.24, 2.45) is 0 Å². The predicted molar refractivity (Wildman–Crippen MR) is 83.7 cm³/mol.